The molecule has 0 atom stereocenters. The molecule has 0 saturated heterocycles. The minimum absolute atomic E-state index is 0.133. The molecule has 4 heteroatoms. The molecule has 21 heavy (non-hydrogen) atoms. The Labute approximate surface area is 128 Å². The zero-order valence-electron chi connectivity index (χ0n) is 13.8. The number of rotatable bonds is 10. The van der Waals surface area contributed by atoms with Crippen LogP contribution in [0.15, 0.2) is 18.2 Å². The lowest BCUT2D eigenvalue weighted by Crippen LogP contribution is -2.24. The molecule has 0 spiro atoms. The van der Waals surface area contributed by atoms with Crippen molar-refractivity contribution in [2.24, 2.45) is 0 Å². The summed E-state index contributed by atoms with van der Waals surface area (Å²) in [5.41, 5.74) is 1.88. The van der Waals surface area contributed by atoms with E-state index in [2.05, 4.69) is 17.1 Å². The molecule has 0 aromatic heterocycles. The molecule has 120 valence electrons. The normalized spacial score (nSPS) is 11.6. The molecule has 1 aromatic rings. The minimum atomic E-state index is -0.133. The Morgan fingerprint density at radius 3 is 2.76 bits per heavy atom. The maximum atomic E-state index is 13.9. The van der Waals surface area contributed by atoms with Crippen molar-refractivity contribution in [1.29, 1.82) is 0 Å². The summed E-state index contributed by atoms with van der Waals surface area (Å²) in [5.74, 6) is -0.133. The Hall–Kier alpha value is -0.970. The predicted molar refractivity (Wildman–Crippen MR) is 85.8 cm³/mol. The van der Waals surface area contributed by atoms with E-state index >= 15 is 0 Å². The molecule has 0 heterocycles. The number of benzene rings is 1. The highest BCUT2D eigenvalue weighted by molar-refractivity contribution is 5.25. The topological polar surface area (TPSA) is 24.5 Å². The van der Waals surface area contributed by atoms with Crippen LogP contribution in [-0.2, 0) is 17.8 Å². The van der Waals surface area contributed by atoms with E-state index in [4.69, 9.17) is 4.74 Å². The molecule has 0 radical (unpaired) electrons. The highest BCUT2D eigenvalue weighted by atomic mass is 19.1. The third-order valence-corrected chi connectivity index (χ3v) is 3.23. The highest BCUT2D eigenvalue weighted by Gasteiger charge is 2.07. The second-order valence-corrected chi connectivity index (χ2v) is 5.76. The smallest absolute Gasteiger partial charge is 0.127 e. The summed E-state index contributed by atoms with van der Waals surface area (Å²) in [6.45, 7) is 10.0. The van der Waals surface area contributed by atoms with Gasteiger partial charge in [0, 0.05) is 25.2 Å². The molecule has 3 nitrogen and oxygen atoms in total. The third kappa shape index (κ3) is 7.55. The van der Waals surface area contributed by atoms with Crippen molar-refractivity contribution in [2.45, 2.75) is 46.4 Å². The van der Waals surface area contributed by atoms with Crippen molar-refractivity contribution in [1.82, 2.24) is 10.2 Å². The van der Waals surface area contributed by atoms with Crippen LogP contribution in [0.1, 0.15) is 38.3 Å². The first-order valence-corrected chi connectivity index (χ1v) is 7.81. The quantitative estimate of drug-likeness (QED) is 0.671. The van der Waals surface area contributed by atoms with Gasteiger partial charge in [-0.05, 0) is 45.5 Å². The first-order valence-electron chi connectivity index (χ1n) is 7.81. The Bertz CT molecular complexity index is 410. The minimum Gasteiger partial charge on any atom is -0.377 e. The van der Waals surface area contributed by atoms with Crippen molar-refractivity contribution >= 4 is 0 Å². The molecule has 0 fully saturated rings. The van der Waals surface area contributed by atoms with Crippen LogP contribution in [0, 0.1) is 5.82 Å². The van der Waals surface area contributed by atoms with Crippen LogP contribution < -0.4 is 5.32 Å². The van der Waals surface area contributed by atoms with Crippen LogP contribution in [0.2, 0.25) is 0 Å². The maximum Gasteiger partial charge on any atom is 0.127 e. The lowest BCUT2D eigenvalue weighted by Gasteiger charge is -2.18. The van der Waals surface area contributed by atoms with Crippen LogP contribution in [-0.4, -0.2) is 37.7 Å². The summed E-state index contributed by atoms with van der Waals surface area (Å²) in [6.07, 6.45) is 1.34. The zero-order valence-corrected chi connectivity index (χ0v) is 13.8. The van der Waals surface area contributed by atoms with Gasteiger partial charge in [-0.15, -0.1) is 0 Å². The molecular weight excluding hydrogens is 267 g/mol. The molecule has 0 aliphatic carbocycles. The number of likely N-dealkylation sites (N-methyl/N-ethyl adjacent to an activating group) is 1. The van der Waals surface area contributed by atoms with Gasteiger partial charge in [-0.3, -0.25) is 4.90 Å². The van der Waals surface area contributed by atoms with Crippen LogP contribution >= 0.6 is 0 Å². The van der Waals surface area contributed by atoms with E-state index in [1.165, 1.54) is 0 Å². The van der Waals surface area contributed by atoms with Gasteiger partial charge >= 0.3 is 0 Å². The number of nitrogens with zero attached hydrogens (tertiary/aromatic N) is 1. The van der Waals surface area contributed by atoms with E-state index in [0.29, 0.717) is 13.2 Å². The molecule has 1 aromatic carbocycles. The van der Waals surface area contributed by atoms with E-state index in [0.717, 1.165) is 37.2 Å². The Morgan fingerprint density at radius 1 is 1.33 bits per heavy atom. The fourth-order valence-electron chi connectivity index (χ4n) is 2.08. The van der Waals surface area contributed by atoms with Gasteiger partial charge in [-0.25, -0.2) is 4.39 Å². The van der Waals surface area contributed by atoms with Gasteiger partial charge in [-0.1, -0.05) is 19.1 Å². The number of ether oxygens (including phenoxy) is 1. The van der Waals surface area contributed by atoms with E-state index in [1.54, 1.807) is 6.07 Å². The fraction of sp³-hybridized carbons (Fsp3) is 0.647. The molecule has 0 amide bonds. The largest absolute Gasteiger partial charge is 0.377 e. The van der Waals surface area contributed by atoms with E-state index in [1.807, 2.05) is 33.0 Å². The predicted octanol–water partition coefficient (Wildman–Crippen LogP) is 3.18. The first kappa shape index (κ1) is 18.1. The van der Waals surface area contributed by atoms with Crippen LogP contribution in [0.5, 0.6) is 0 Å². The van der Waals surface area contributed by atoms with E-state index in [9.17, 15) is 4.39 Å². The van der Waals surface area contributed by atoms with Crippen molar-refractivity contribution in [3.8, 4) is 0 Å². The molecule has 1 rings (SSSR count). The fourth-order valence-corrected chi connectivity index (χ4v) is 2.08. The Balaban J connectivity index is 2.50. The standard InChI is InChI=1S/C17H29FN2O/c1-5-8-19-12-15-6-7-17(18)16(11-15)13-20(4)9-10-21-14(2)3/h6-7,11,14,19H,5,8-10,12-13H2,1-4H3. The summed E-state index contributed by atoms with van der Waals surface area (Å²) in [6, 6.07) is 5.37. The average Bonchev–Trinajstić information content (AvgIpc) is 2.42. The van der Waals surface area contributed by atoms with Gasteiger partial charge in [0.25, 0.3) is 0 Å². The summed E-state index contributed by atoms with van der Waals surface area (Å²) in [7, 11) is 1.99. The summed E-state index contributed by atoms with van der Waals surface area (Å²) in [4.78, 5) is 2.09. The number of nitrogens with one attached hydrogen (secondary N) is 1. The molecule has 0 aliphatic rings. The molecular formula is C17H29FN2O. The van der Waals surface area contributed by atoms with E-state index < -0.39 is 0 Å². The molecule has 1 N–H and O–H groups in total. The molecule has 0 bridgehead atoms. The van der Waals surface area contributed by atoms with Crippen LogP contribution in [0.25, 0.3) is 0 Å². The van der Waals surface area contributed by atoms with Gasteiger partial charge in [0.2, 0.25) is 0 Å². The Morgan fingerprint density at radius 2 is 2.10 bits per heavy atom. The third-order valence-electron chi connectivity index (χ3n) is 3.23. The Kier molecular flexibility index (Phi) is 8.50. The summed E-state index contributed by atoms with van der Waals surface area (Å²) < 4.78 is 19.4. The van der Waals surface area contributed by atoms with Gasteiger partial charge < -0.3 is 10.1 Å². The van der Waals surface area contributed by atoms with E-state index in [-0.39, 0.29) is 11.9 Å². The van der Waals surface area contributed by atoms with Crippen LogP contribution in [0.4, 0.5) is 4.39 Å². The average molecular weight is 296 g/mol. The van der Waals surface area contributed by atoms with Gasteiger partial charge in [0.05, 0.1) is 12.7 Å². The molecule has 0 aliphatic heterocycles. The monoisotopic (exact) mass is 296 g/mol. The van der Waals surface area contributed by atoms with Gasteiger partial charge in [0.1, 0.15) is 5.82 Å². The number of hydrogen-bond donors (Lipinski definition) is 1. The second kappa shape index (κ2) is 9.87. The molecule has 0 saturated carbocycles. The second-order valence-electron chi connectivity index (χ2n) is 5.76. The number of hydrogen-bond acceptors (Lipinski definition) is 3. The lowest BCUT2D eigenvalue weighted by atomic mass is 10.1. The summed E-state index contributed by atoms with van der Waals surface area (Å²) in [5, 5.41) is 3.34. The van der Waals surface area contributed by atoms with Gasteiger partial charge in [-0.2, -0.15) is 0 Å². The van der Waals surface area contributed by atoms with Crippen molar-refractivity contribution < 1.29 is 9.13 Å². The SMILES string of the molecule is CCCNCc1ccc(F)c(CN(C)CCOC(C)C)c1. The van der Waals surface area contributed by atoms with Crippen LogP contribution in [0.3, 0.4) is 0 Å². The summed E-state index contributed by atoms with van der Waals surface area (Å²) >= 11 is 0. The molecule has 0 unspecified atom stereocenters. The van der Waals surface area contributed by atoms with Crippen molar-refractivity contribution in [2.75, 3.05) is 26.7 Å². The lowest BCUT2D eigenvalue weighted by molar-refractivity contribution is 0.0625. The first-order chi connectivity index (χ1) is 10.0. The van der Waals surface area contributed by atoms with Crippen molar-refractivity contribution in [3.05, 3.63) is 35.1 Å². The van der Waals surface area contributed by atoms with Crippen molar-refractivity contribution in [3.63, 3.8) is 0 Å². The highest BCUT2D eigenvalue weighted by Crippen LogP contribution is 2.13. The maximum absolute atomic E-state index is 13.9. The zero-order chi connectivity index (χ0) is 15.7. The van der Waals surface area contributed by atoms with Gasteiger partial charge in [0.15, 0.2) is 0 Å². The number of halogens is 1.